The molecule has 1 saturated carbocycles. The van der Waals surface area contributed by atoms with E-state index in [1.807, 2.05) is 0 Å². The van der Waals surface area contributed by atoms with E-state index < -0.39 is 23.9 Å². The van der Waals surface area contributed by atoms with Gasteiger partial charge in [-0.15, -0.1) is 0 Å². The van der Waals surface area contributed by atoms with Crippen LogP contribution in [0.25, 0.3) is 0 Å². The smallest absolute Gasteiger partial charge is 0.459 e. The van der Waals surface area contributed by atoms with Gasteiger partial charge in [0.05, 0.1) is 0 Å². The predicted molar refractivity (Wildman–Crippen MR) is 84.1 cm³/mol. The summed E-state index contributed by atoms with van der Waals surface area (Å²) in [5.41, 5.74) is -0.179. The summed E-state index contributed by atoms with van der Waals surface area (Å²) in [7, 11) is 0. The first-order valence-electron chi connectivity index (χ1n) is 8.07. The second-order valence-corrected chi connectivity index (χ2v) is 7.32. The Bertz CT molecular complexity index is 652. The normalized spacial score (nSPS) is 23.0. The van der Waals surface area contributed by atoms with E-state index in [0.29, 0.717) is 18.8 Å². The van der Waals surface area contributed by atoms with Gasteiger partial charge in [-0.05, 0) is 42.7 Å². The molecule has 0 aromatic heterocycles. The second-order valence-electron chi connectivity index (χ2n) is 7.32. The molecule has 0 amide bonds. The van der Waals surface area contributed by atoms with Gasteiger partial charge in [-0.3, -0.25) is 0 Å². The second kappa shape index (κ2) is 7.06. The first kappa shape index (κ1) is 19.3. The maximum Gasteiger partial charge on any atom is 0.491 e. The number of ether oxygens (including phenoxy) is 2. The van der Waals surface area contributed by atoms with E-state index >= 15 is 0 Å². The molecule has 1 aliphatic rings. The van der Waals surface area contributed by atoms with Crippen LogP contribution in [0.3, 0.4) is 0 Å². The number of carbonyl (C=O) groups excluding carboxylic acids is 2. The van der Waals surface area contributed by atoms with Crippen LogP contribution in [0, 0.1) is 11.3 Å². The first-order chi connectivity index (χ1) is 11.5. The molecule has 7 heteroatoms. The Morgan fingerprint density at radius 3 is 2.40 bits per heavy atom. The van der Waals surface area contributed by atoms with Crippen LogP contribution in [-0.2, 0) is 9.53 Å². The molecule has 0 bridgehead atoms. The minimum absolute atomic E-state index is 0.0187. The summed E-state index contributed by atoms with van der Waals surface area (Å²) in [6.07, 6.45) is -3.08. The third kappa shape index (κ3) is 5.21. The van der Waals surface area contributed by atoms with E-state index in [-0.39, 0.29) is 17.1 Å². The Hall–Kier alpha value is -2.05. The molecule has 1 fully saturated rings. The van der Waals surface area contributed by atoms with Gasteiger partial charge in [0.2, 0.25) is 0 Å². The van der Waals surface area contributed by atoms with Gasteiger partial charge in [0.15, 0.2) is 0 Å². The summed E-state index contributed by atoms with van der Waals surface area (Å²) in [5.74, 6) is -3.25. The van der Waals surface area contributed by atoms with Gasteiger partial charge in [-0.1, -0.05) is 32.9 Å². The highest BCUT2D eigenvalue weighted by molar-refractivity contribution is 5.94. The van der Waals surface area contributed by atoms with Gasteiger partial charge in [0.25, 0.3) is 0 Å². The van der Waals surface area contributed by atoms with Crippen molar-refractivity contribution in [3.05, 3.63) is 29.8 Å². The Morgan fingerprint density at radius 1 is 1.16 bits per heavy atom. The molecule has 25 heavy (non-hydrogen) atoms. The van der Waals surface area contributed by atoms with E-state index in [9.17, 15) is 22.8 Å². The number of halogens is 3. The van der Waals surface area contributed by atoms with Gasteiger partial charge in [0.1, 0.15) is 17.4 Å². The molecular formula is C18H21F3O4. The number of rotatable bonds is 3. The molecule has 0 saturated heterocycles. The topological polar surface area (TPSA) is 52.6 Å². The third-order valence-corrected chi connectivity index (χ3v) is 4.16. The van der Waals surface area contributed by atoms with Crippen LogP contribution in [0.2, 0.25) is 0 Å². The minimum atomic E-state index is -5.14. The van der Waals surface area contributed by atoms with E-state index in [1.165, 1.54) is 18.2 Å². The van der Waals surface area contributed by atoms with E-state index in [4.69, 9.17) is 4.74 Å². The zero-order chi connectivity index (χ0) is 18.8. The lowest BCUT2D eigenvalue weighted by atomic mass is 9.71. The molecule has 1 aliphatic carbocycles. The number of alkyl halides is 3. The van der Waals surface area contributed by atoms with Gasteiger partial charge < -0.3 is 9.47 Å². The fourth-order valence-electron chi connectivity index (χ4n) is 3.45. The predicted octanol–water partition coefficient (Wildman–Crippen LogP) is 4.53. The quantitative estimate of drug-likeness (QED) is 0.589. The molecule has 138 valence electrons. The highest BCUT2D eigenvalue weighted by Gasteiger charge is 2.42. The van der Waals surface area contributed by atoms with E-state index in [1.54, 1.807) is 0 Å². The molecule has 0 aliphatic heterocycles. The van der Waals surface area contributed by atoms with Crippen LogP contribution in [-0.4, -0.2) is 24.2 Å². The van der Waals surface area contributed by atoms with Crippen molar-refractivity contribution in [2.24, 2.45) is 11.3 Å². The van der Waals surface area contributed by atoms with Crippen molar-refractivity contribution in [3.63, 3.8) is 0 Å². The van der Waals surface area contributed by atoms with Gasteiger partial charge in [0, 0.05) is 0 Å². The number of hydrogen-bond donors (Lipinski definition) is 0. The Labute approximate surface area is 144 Å². The third-order valence-electron chi connectivity index (χ3n) is 4.16. The van der Waals surface area contributed by atoms with Crippen LogP contribution < -0.4 is 4.74 Å². The maximum atomic E-state index is 12.4. The van der Waals surface area contributed by atoms with Gasteiger partial charge >= 0.3 is 18.1 Å². The minimum Gasteiger partial charge on any atom is -0.459 e. The van der Waals surface area contributed by atoms with Crippen LogP contribution in [0.1, 0.15) is 50.4 Å². The highest BCUT2D eigenvalue weighted by Crippen LogP contribution is 2.40. The Kier molecular flexibility index (Phi) is 5.44. The Morgan fingerprint density at radius 2 is 1.80 bits per heavy atom. The van der Waals surface area contributed by atoms with E-state index in [2.05, 4.69) is 25.5 Å². The fraction of sp³-hybridized carbons (Fsp3) is 0.556. The van der Waals surface area contributed by atoms with Crippen LogP contribution in [0.4, 0.5) is 13.2 Å². The van der Waals surface area contributed by atoms with Crippen molar-refractivity contribution >= 4 is 11.9 Å². The largest absolute Gasteiger partial charge is 0.491 e. The number of hydrogen-bond acceptors (Lipinski definition) is 4. The molecule has 1 aromatic rings. The molecule has 2 atom stereocenters. The van der Waals surface area contributed by atoms with Gasteiger partial charge in [-0.25, -0.2) is 9.59 Å². The number of carbonyl (C=O) groups is 2. The van der Waals surface area contributed by atoms with Crippen LogP contribution in [0.15, 0.2) is 24.3 Å². The van der Waals surface area contributed by atoms with Crippen molar-refractivity contribution in [2.45, 2.75) is 52.3 Å². The number of benzene rings is 1. The molecule has 1 aromatic carbocycles. The average molecular weight is 358 g/mol. The molecule has 0 radical (unpaired) electrons. The van der Waals surface area contributed by atoms with Gasteiger partial charge in [-0.2, -0.15) is 13.2 Å². The van der Waals surface area contributed by atoms with Crippen LogP contribution in [0.5, 0.6) is 5.75 Å². The van der Waals surface area contributed by atoms with Crippen molar-refractivity contribution in [3.8, 4) is 5.75 Å². The summed E-state index contributed by atoms with van der Waals surface area (Å²) in [6, 6.07) is 5.25. The summed E-state index contributed by atoms with van der Waals surface area (Å²) in [4.78, 5) is 23.4. The standard InChI is InChI=1S/C18H21F3O4/c1-11-8-12(10-17(2,3)9-11)24-15(22)13-6-4-5-7-14(13)25-16(23)18(19,20)21/h4-7,11-12H,8-10H2,1-3H3. The fourth-order valence-corrected chi connectivity index (χ4v) is 3.45. The molecule has 2 unspecified atom stereocenters. The van der Waals surface area contributed by atoms with Crippen LogP contribution >= 0.6 is 0 Å². The molecule has 0 heterocycles. The summed E-state index contributed by atoms with van der Waals surface area (Å²) >= 11 is 0. The Balaban J connectivity index is 2.13. The molecular weight excluding hydrogens is 337 g/mol. The molecule has 0 spiro atoms. The van der Waals surface area contributed by atoms with Crippen molar-refractivity contribution in [2.75, 3.05) is 0 Å². The zero-order valence-corrected chi connectivity index (χ0v) is 14.4. The van der Waals surface area contributed by atoms with Crippen molar-refractivity contribution < 1.29 is 32.2 Å². The SMILES string of the molecule is CC1CC(OC(=O)c2ccccc2OC(=O)C(F)(F)F)CC(C)(C)C1. The number of esters is 2. The zero-order valence-electron chi connectivity index (χ0n) is 14.4. The first-order valence-corrected chi connectivity index (χ1v) is 8.07. The molecule has 0 N–H and O–H groups in total. The highest BCUT2D eigenvalue weighted by atomic mass is 19.4. The summed E-state index contributed by atoms with van der Waals surface area (Å²) < 4.78 is 46.9. The molecule has 4 nitrogen and oxygen atoms in total. The number of para-hydroxylation sites is 1. The van der Waals surface area contributed by atoms with Crippen molar-refractivity contribution in [1.82, 2.24) is 0 Å². The summed E-state index contributed by atoms with van der Waals surface area (Å²) in [6.45, 7) is 6.24. The average Bonchev–Trinajstić information content (AvgIpc) is 2.44. The lowest BCUT2D eigenvalue weighted by Gasteiger charge is -2.38. The lowest BCUT2D eigenvalue weighted by molar-refractivity contribution is -0.189. The maximum absolute atomic E-state index is 12.4. The van der Waals surface area contributed by atoms with E-state index in [0.717, 1.165) is 12.5 Å². The summed E-state index contributed by atoms with van der Waals surface area (Å²) in [5, 5.41) is 0. The monoisotopic (exact) mass is 358 g/mol. The lowest BCUT2D eigenvalue weighted by Crippen LogP contribution is -2.34. The molecule has 2 rings (SSSR count). The van der Waals surface area contributed by atoms with Crippen molar-refractivity contribution in [1.29, 1.82) is 0 Å².